The number of hydrogen-bond acceptors (Lipinski definition) is 7. The van der Waals surface area contributed by atoms with Crippen LogP contribution in [-0.2, 0) is 11.3 Å². The maximum atomic E-state index is 13.1. The smallest absolute Gasteiger partial charge is 0.272 e. The number of benzene rings is 1. The van der Waals surface area contributed by atoms with E-state index < -0.39 is 17.7 Å². The maximum absolute atomic E-state index is 13.1. The molecular weight excluding hydrogens is 439 g/mol. The maximum Gasteiger partial charge on any atom is 0.272 e. The number of rotatable bonds is 7. The van der Waals surface area contributed by atoms with E-state index in [-0.39, 0.29) is 23.0 Å². The van der Waals surface area contributed by atoms with Crippen molar-refractivity contribution in [3.05, 3.63) is 57.4 Å². The number of hydrogen-bond donors (Lipinski definition) is 0. The molecule has 0 radical (unpaired) electrons. The van der Waals surface area contributed by atoms with E-state index in [0.717, 1.165) is 0 Å². The summed E-state index contributed by atoms with van der Waals surface area (Å²) in [7, 11) is 0. The lowest BCUT2D eigenvalue weighted by molar-refractivity contribution is -0.312. The molecule has 0 N–H and O–H groups in total. The second kappa shape index (κ2) is 9.32. The first-order valence-corrected chi connectivity index (χ1v) is 11.9. The van der Waals surface area contributed by atoms with Crippen LogP contribution in [0.5, 0.6) is 0 Å². The van der Waals surface area contributed by atoms with Crippen molar-refractivity contribution in [1.29, 1.82) is 0 Å². The number of carbonyl (C=O) groups is 2. The molecule has 0 aliphatic heterocycles. The number of thiophene rings is 1. The minimum absolute atomic E-state index is 0.0745. The molecule has 4 rings (SSSR count). The van der Waals surface area contributed by atoms with Gasteiger partial charge >= 0.3 is 0 Å². The minimum atomic E-state index is -1.01. The summed E-state index contributed by atoms with van der Waals surface area (Å²) in [6.45, 7) is 0.437. The van der Waals surface area contributed by atoms with Gasteiger partial charge in [-0.3, -0.25) is 14.2 Å². The number of aliphatic carboxylic acids is 1. The summed E-state index contributed by atoms with van der Waals surface area (Å²) in [5.41, 5.74) is 0.863. The van der Waals surface area contributed by atoms with Crippen LogP contribution in [0.2, 0.25) is 0 Å². The molecule has 3 aromatic rings. The number of carbonyl (C=O) groups excluding carboxylic acids is 2. The van der Waals surface area contributed by atoms with Gasteiger partial charge in [-0.25, -0.2) is 9.37 Å². The lowest BCUT2D eigenvalue weighted by atomic mass is 9.82. The molecule has 1 aromatic carbocycles. The van der Waals surface area contributed by atoms with Crippen molar-refractivity contribution in [2.24, 2.45) is 11.8 Å². The minimum Gasteiger partial charge on any atom is -0.550 e. The third-order valence-corrected chi connectivity index (χ3v) is 7.52. The summed E-state index contributed by atoms with van der Waals surface area (Å²) in [5.74, 6) is -1.77. The van der Waals surface area contributed by atoms with Crippen molar-refractivity contribution >= 4 is 45.1 Å². The Morgan fingerprint density at radius 2 is 1.87 bits per heavy atom. The third-order valence-electron chi connectivity index (χ3n) is 5.65. The fraction of sp³-hybridized carbons (Fsp3) is 0.364. The number of Topliss-reactive ketones (excluding diaryl/α,β-unsaturated/α-hetero) is 1. The van der Waals surface area contributed by atoms with Gasteiger partial charge in [0.15, 0.2) is 10.9 Å². The van der Waals surface area contributed by atoms with Gasteiger partial charge in [0.2, 0.25) is 0 Å². The first-order chi connectivity index (χ1) is 14.9. The Morgan fingerprint density at radius 3 is 2.55 bits per heavy atom. The van der Waals surface area contributed by atoms with Crippen molar-refractivity contribution in [2.45, 2.75) is 37.4 Å². The third kappa shape index (κ3) is 4.88. The first-order valence-electron chi connectivity index (χ1n) is 10.0. The van der Waals surface area contributed by atoms with Crippen LogP contribution in [0, 0.1) is 17.7 Å². The van der Waals surface area contributed by atoms with E-state index in [9.17, 15) is 23.9 Å². The standard InChI is InChI=1S/C22H21FN2O4S2/c23-16-7-5-14(6-8-16)18(26)12-31-22-24-17-9-10-30-19(17)20(27)25(22)11-13-1-3-15(4-2-13)21(28)29/h5-10,13,15H,1-4,11-12H2,(H,28,29)/p-1. The van der Waals surface area contributed by atoms with E-state index in [1.54, 1.807) is 10.6 Å². The number of aromatic nitrogens is 2. The molecule has 1 saturated carbocycles. The van der Waals surface area contributed by atoms with E-state index in [0.29, 0.717) is 53.2 Å². The molecule has 0 spiro atoms. The number of nitrogens with zero attached hydrogens (tertiary/aromatic N) is 2. The van der Waals surface area contributed by atoms with Crippen LogP contribution in [0.1, 0.15) is 36.0 Å². The summed E-state index contributed by atoms with van der Waals surface area (Å²) < 4.78 is 15.3. The molecule has 1 aliphatic carbocycles. The van der Waals surface area contributed by atoms with Crippen LogP contribution in [0.3, 0.4) is 0 Å². The highest BCUT2D eigenvalue weighted by Crippen LogP contribution is 2.31. The van der Waals surface area contributed by atoms with Crippen LogP contribution in [0.15, 0.2) is 45.7 Å². The first kappa shape index (κ1) is 21.7. The van der Waals surface area contributed by atoms with Gasteiger partial charge in [-0.2, -0.15) is 0 Å². The largest absolute Gasteiger partial charge is 0.550 e. The predicted molar refractivity (Wildman–Crippen MR) is 116 cm³/mol. The number of halogens is 1. The van der Waals surface area contributed by atoms with Gasteiger partial charge in [0.25, 0.3) is 5.56 Å². The fourth-order valence-electron chi connectivity index (χ4n) is 3.88. The Labute approximate surface area is 186 Å². The van der Waals surface area contributed by atoms with Crippen LogP contribution in [-0.4, -0.2) is 27.1 Å². The van der Waals surface area contributed by atoms with Crippen LogP contribution in [0.4, 0.5) is 4.39 Å². The summed E-state index contributed by atoms with van der Waals surface area (Å²) in [5, 5.41) is 13.4. The summed E-state index contributed by atoms with van der Waals surface area (Å²) in [4.78, 5) is 41.3. The van der Waals surface area contributed by atoms with E-state index in [1.165, 1.54) is 47.4 Å². The van der Waals surface area contributed by atoms with Crippen molar-refractivity contribution < 1.29 is 19.1 Å². The number of fused-ring (bicyclic) bond motifs is 1. The van der Waals surface area contributed by atoms with E-state index in [1.807, 2.05) is 5.38 Å². The van der Waals surface area contributed by atoms with Crippen molar-refractivity contribution in [3.8, 4) is 0 Å². The fourth-order valence-corrected chi connectivity index (χ4v) is 5.56. The second-order valence-corrected chi connectivity index (χ2v) is 9.56. The van der Waals surface area contributed by atoms with Gasteiger partial charge < -0.3 is 9.90 Å². The van der Waals surface area contributed by atoms with E-state index in [4.69, 9.17) is 0 Å². The van der Waals surface area contributed by atoms with E-state index in [2.05, 4.69) is 4.98 Å². The van der Waals surface area contributed by atoms with Gasteiger partial charge in [-0.05, 0) is 73.2 Å². The Hall–Kier alpha value is -2.52. The quantitative estimate of drug-likeness (QED) is 0.306. The van der Waals surface area contributed by atoms with Crippen LogP contribution < -0.4 is 10.7 Å². The van der Waals surface area contributed by atoms with Gasteiger partial charge in [-0.1, -0.05) is 11.8 Å². The van der Waals surface area contributed by atoms with Gasteiger partial charge in [0.05, 0.1) is 11.3 Å². The second-order valence-electron chi connectivity index (χ2n) is 7.70. The van der Waals surface area contributed by atoms with Crippen molar-refractivity contribution in [2.75, 3.05) is 5.75 Å². The van der Waals surface area contributed by atoms with Crippen LogP contribution >= 0.6 is 23.1 Å². The van der Waals surface area contributed by atoms with E-state index >= 15 is 0 Å². The Bertz CT molecular complexity index is 1160. The highest BCUT2D eigenvalue weighted by molar-refractivity contribution is 7.99. The highest BCUT2D eigenvalue weighted by Gasteiger charge is 2.24. The number of carboxylic acid groups (broad SMARTS) is 1. The Morgan fingerprint density at radius 1 is 1.16 bits per heavy atom. The van der Waals surface area contributed by atoms with Gasteiger partial charge in [0, 0.05) is 18.1 Å². The molecule has 31 heavy (non-hydrogen) atoms. The molecule has 1 aliphatic rings. The predicted octanol–water partition coefficient (Wildman–Crippen LogP) is 3.13. The zero-order valence-corrected chi connectivity index (χ0v) is 18.2. The zero-order chi connectivity index (χ0) is 22.0. The van der Waals surface area contributed by atoms with Gasteiger partial charge in [0.1, 0.15) is 10.5 Å². The summed E-state index contributed by atoms with van der Waals surface area (Å²) in [6.07, 6.45) is 2.49. The number of carboxylic acids is 1. The van der Waals surface area contributed by atoms with Crippen molar-refractivity contribution in [3.63, 3.8) is 0 Å². The normalized spacial score (nSPS) is 18.9. The molecule has 0 amide bonds. The lowest BCUT2D eigenvalue weighted by Gasteiger charge is -2.29. The summed E-state index contributed by atoms with van der Waals surface area (Å²) >= 11 is 2.52. The number of ketones is 1. The van der Waals surface area contributed by atoms with Crippen LogP contribution in [0.25, 0.3) is 10.2 Å². The number of thioether (sulfide) groups is 1. The average Bonchev–Trinajstić information content (AvgIpc) is 3.24. The molecule has 2 heterocycles. The Balaban J connectivity index is 1.54. The SMILES string of the molecule is O=C(CSc1nc2ccsc2c(=O)n1CC1CCC(C(=O)[O-])CC1)c1ccc(F)cc1. The molecule has 1 fully saturated rings. The molecule has 2 aromatic heterocycles. The molecule has 9 heteroatoms. The molecule has 0 atom stereocenters. The van der Waals surface area contributed by atoms with Gasteiger partial charge in [-0.15, -0.1) is 11.3 Å². The molecule has 0 saturated heterocycles. The molecule has 0 bridgehead atoms. The topological polar surface area (TPSA) is 92.1 Å². The summed E-state index contributed by atoms with van der Waals surface area (Å²) in [6, 6.07) is 7.15. The average molecular weight is 460 g/mol. The molecular formula is C22H20FN2O4S2-. The molecule has 162 valence electrons. The molecule has 0 unspecified atom stereocenters. The van der Waals surface area contributed by atoms with Crippen molar-refractivity contribution in [1.82, 2.24) is 9.55 Å². The Kier molecular flexibility index (Phi) is 6.52. The lowest BCUT2D eigenvalue weighted by Crippen LogP contribution is -2.35. The molecule has 6 nitrogen and oxygen atoms in total. The monoisotopic (exact) mass is 459 g/mol. The zero-order valence-electron chi connectivity index (χ0n) is 16.6. The highest BCUT2D eigenvalue weighted by atomic mass is 32.2.